The summed E-state index contributed by atoms with van der Waals surface area (Å²) >= 11 is 1.39. The number of aromatic nitrogens is 3. The van der Waals surface area contributed by atoms with Gasteiger partial charge in [-0.1, -0.05) is 31.0 Å². The lowest BCUT2D eigenvalue weighted by molar-refractivity contribution is -0.120. The van der Waals surface area contributed by atoms with Crippen LogP contribution in [-0.2, 0) is 20.9 Å². The summed E-state index contributed by atoms with van der Waals surface area (Å²) in [7, 11) is 0. The minimum Gasteiger partial charge on any atom is -0.379 e. The molecule has 9 nitrogen and oxygen atoms in total. The van der Waals surface area contributed by atoms with Gasteiger partial charge < -0.3 is 20.4 Å². The highest BCUT2D eigenvalue weighted by atomic mass is 32.2. The molecule has 0 aromatic carbocycles. The van der Waals surface area contributed by atoms with Gasteiger partial charge in [-0.25, -0.2) is 0 Å². The molecule has 3 fully saturated rings. The maximum Gasteiger partial charge on any atom is 0.230 e. The third-order valence-corrected chi connectivity index (χ3v) is 7.65. The van der Waals surface area contributed by atoms with Crippen LogP contribution in [0.5, 0.6) is 0 Å². The van der Waals surface area contributed by atoms with E-state index in [9.17, 15) is 9.59 Å². The van der Waals surface area contributed by atoms with E-state index in [1.807, 2.05) is 4.57 Å². The van der Waals surface area contributed by atoms with E-state index in [2.05, 4.69) is 20.4 Å². The summed E-state index contributed by atoms with van der Waals surface area (Å²) in [6.07, 6.45) is 8.43. The molecule has 10 heteroatoms. The van der Waals surface area contributed by atoms with E-state index >= 15 is 0 Å². The van der Waals surface area contributed by atoms with Gasteiger partial charge in [-0.15, -0.1) is 10.2 Å². The lowest BCUT2D eigenvalue weighted by Crippen LogP contribution is -2.59. The second-order valence-corrected chi connectivity index (χ2v) is 9.88. The second kappa shape index (κ2) is 10.3. The maximum absolute atomic E-state index is 12.7. The largest absolute Gasteiger partial charge is 0.379 e. The van der Waals surface area contributed by atoms with Crippen molar-refractivity contribution in [3.63, 3.8) is 0 Å². The van der Waals surface area contributed by atoms with Gasteiger partial charge in [0.25, 0.3) is 0 Å². The molecule has 2 saturated carbocycles. The number of ether oxygens (including phenoxy) is 1. The minimum absolute atomic E-state index is 0.0145. The van der Waals surface area contributed by atoms with Crippen molar-refractivity contribution in [1.82, 2.24) is 25.0 Å². The second-order valence-electron chi connectivity index (χ2n) is 8.93. The zero-order valence-corrected chi connectivity index (χ0v) is 19.0. The van der Waals surface area contributed by atoms with E-state index in [-0.39, 0.29) is 23.8 Å². The Morgan fingerprint density at radius 3 is 2.58 bits per heavy atom. The van der Waals surface area contributed by atoms with Gasteiger partial charge in [0.15, 0.2) is 5.16 Å². The molecule has 1 aromatic rings. The molecule has 3 aliphatic rings. The summed E-state index contributed by atoms with van der Waals surface area (Å²) in [5.41, 5.74) is 5.39. The number of rotatable bonds is 10. The molecule has 0 spiro atoms. The normalized spacial score (nSPS) is 21.7. The topological polar surface area (TPSA) is 115 Å². The number of thioether (sulfide) groups is 1. The molecule has 3 N–H and O–H groups in total. The third-order valence-electron chi connectivity index (χ3n) is 6.68. The van der Waals surface area contributed by atoms with Crippen LogP contribution >= 0.6 is 11.8 Å². The Hall–Kier alpha value is -1.65. The molecule has 0 bridgehead atoms. The van der Waals surface area contributed by atoms with Crippen LogP contribution in [0.4, 0.5) is 0 Å². The molecule has 0 radical (unpaired) electrons. The summed E-state index contributed by atoms with van der Waals surface area (Å²) in [6.45, 7) is 4.59. The smallest absolute Gasteiger partial charge is 0.230 e. The fourth-order valence-electron chi connectivity index (χ4n) is 4.78. The standard InChI is InChI=1S/C21H34N6O3S/c22-17(28)6-9-27-19(16-4-5-16)24-25-20(27)31-14-18(29)23-15-21(7-2-1-3-8-21)26-10-12-30-13-11-26/h16H,1-15H2,(H2,22,28)(H,23,29). The van der Waals surface area contributed by atoms with Crippen molar-refractivity contribution in [3.05, 3.63) is 5.82 Å². The molecule has 0 atom stereocenters. The highest BCUT2D eigenvalue weighted by Gasteiger charge is 2.39. The monoisotopic (exact) mass is 450 g/mol. The minimum atomic E-state index is -0.343. The van der Waals surface area contributed by atoms with Crippen LogP contribution in [0, 0.1) is 0 Å². The van der Waals surface area contributed by atoms with E-state index in [0.717, 1.165) is 57.8 Å². The number of carbonyl (C=O) groups is 2. The molecular weight excluding hydrogens is 416 g/mol. The summed E-state index contributed by atoms with van der Waals surface area (Å²) in [5.74, 6) is 1.30. The number of nitrogens with two attached hydrogens (primary N) is 1. The number of nitrogens with one attached hydrogen (secondary N) is 1. The zero-order valence-electron chi connectivity index (χ0n) is 18.2. The number of nitrogens with zero attached hydrogens (tertiary/aromatic N) is 4. The van der Waals surface area contributed by atoms with Crippen molar-refractivity contribution in [1.29, 1.82) is 0 Å². The lowest BCUT2D eigenvalue weighted by Gasteiger charge is -2.48. The molecule has 2 aliphatic carbocycles. The Bertz CT molecular complexity index is 769. The van der Waals surface area contributed by atoms with Crippen LogP contribution in [0.15, 0.2) is 5.16 Å². The molecule has 31 heavy (non-hydrogen) atoms. The Balaban J connectivity index is 1.33. The average molecular weight is 451 g/mol. The molecule has 1 aromatic heterocycles. The fourth-order valence-corrected chi connectivity index (χ4v) is 5.58. The van der Waals surface area contributed by atoms with Crippen LogP contribution in [0.25, 0.3) is 0 Å². The van der Waals surface area contributed by atoms with Gasteiger partial charge in [0, 0.05) is 44.1 Å². The van der Waals surface area contributed by atoms with Gasteiger partial charge >= 0.3 is 0 Å². The maximum atomic E-state index is 12.7. The van der Waals surface area contributed by atoms with Crippen LogP contribution in [0.2, 0.25) is 0 Å². The highest BCUT2D eigenvalue weighted by Crippen LogP contribution is 2.40. The highest BCUT2D eigenvalue weighted by molar-refractivity contribution is 7.99. The van der Waals surface area contributed by atoms with Gasteiger partial charge in [-0.3, -0.25) is 14.5 Å². The van der Waals surface area contributed by atoms with Gasteiger partial charge in [0.05, 0.1) is 19.0 Å². The fraction of sp³-hybridized carbons (Fsp3) is 0.810. The van der Waals surface area contributed by atoms with Gasteiger partial charge in [0.1, 0.15) is 5.82 Å². The first-order valence-corrected chi connectivity index (χ1v) is 12.5. The summed E-state index contributed by atoms with van der Waals surface area (Å²) in [4.78, 5) is 26.5. The number of amides is 2. The lowest BCUT2D eigenvalue weighted by atomic mass is 9.79. The summed E-state index contributed by atoms with van der Waals surface area (Å²) < 4.78 is 7.51. The summed E-state index contributed by atoms with van der Waals surface area (Å²) in [5, 5.41) is 12.5. The molecule has 0 unspecified atom stereocenters. The summed E-state index contributed by atoms with van der Waals surface area (Å²) in [6, 6.07) is 0. The van der Waals surface area contributed by atoms with Crippen LogP contribution in [-0.4, -0.2) is 75.6 Å². The Kier molecular flexibility index (Phi) is 7.50. The number of carbonyl (C=O) groups excluding carboxylic acids is 2. The van der Waals surface area contributed by atoms with E-state index < -0.39 is 0 Å². The van der Waals surface area contributed by atoms with Gasteiger partial charge in [-0.2, -0.15) is 0 Å². The molecule has 4 rings (SSSR count). The van der Waals surface area contributed by atoms with Crippen molar-refractivity contribution in [2.75, 3.05) is 38.6 Å². The first kappa shape index (κ1) is 22.5. The molecule has 1 saturated heterocycles. The van der Waals surface area contributed by atoms with Crippen molar-refractivity contribution in [3.8, 4) is 0 Å². The van der Waals surface area contributed by atoms with Crippen molar-refractivity contribution in [2.24, 2.45) is 5.73 Å². The Morgan fingerprint density at radius 1 is 1.16 bits per heavy atom. The van der Waals surface area contributed by atoms with Crippen molar-refractivity contribution in [2.45, 2.75) is 74.5 Å². The van der Waals surface area contributed by atoms with Gasteiger partial charge in [-0.05, 0) is 25.7 Å². The van der Waals surface area contributed by atoms with Crippen LogP contribution in [0.1, 0.15) is 63.1 Å². The number of morpholine rings is 1. The Morgan fingerprint density at radius 2 is 1.90 bits per heavy atom. The Labute approximate surface area is 187 Å². The SMILES string of the molecule is NC(=O)CCn1c(SCC(=O)NCC2(N3CCOCC3)CCCCC2)nnc1C1CC1. The molecule has 2 amide bonds. The van der Waals surface area contributed by atoms with E-state index in [4.69, 9.17) is 10.5 Å². The van der Waals surface area contributed by atoms with Crippen molar-refractivity contribution < 1.29 is 14.3 Å². The molecule has 172 valence electrons. The van der Waals surface area contributed by atoms with E-state index in [0.29, 0.717) is 29.9 Å². The predicted octanol–water partition coefficient (Wildman–Crippen LogP) is 1.27. The van der Waals surface area contributed by atoms with E-state index in [1.165, 1.54) is 31.0 Å². The first-order chi connectivity index (χ1) is 15.1. The number of hydrogen-bond donors (Lipinski definition) is 2. The quantitative estimate of drug-likeness (QED) is 0.516. The van der Waals surface area contributed by atoms with Crippen LogP contribution < -0.4 is 11.1 Å². The molecule has 1 aliphatic heterocycles. The predicted molar refractivity (Wildman–Crippen MR) is 118 cm³/mol. The van der Waals surface area contributed by atoms with Crippen LogP contribution in [0.3, 0.4) is 0 Å². The zero-order chi connectivity index (χ0) is 21.7. The number of primary amides is 1. The van der Waals surface area contributed by atoms with Gasteiger partial charge in [0.2, 0.25) is 11.8 Å². The third kappa shape index (κ3) is 5.78. The first-order valence-electron chi connectivity index (χ1n) is 11.5. The average Bonchev–Trinajstić information content (AvgIpc) is 3.56. The number of hydrogen-bond acceptors (Lipinski definition) is 7. The van der Waals surface area contributed by atoms with E-state index in [1.54, 1.807) is 0 Å². The molecular formula is C21H34N6O3S. The molecule has 2 heterocycles. The van der Waals surface area contributed by atoms with Crippen molar-refractivity contribution >= 4 is 23.6 Å².